The summed E-state index contributed by atoms with van der Waals surface area (Å²) in [7, 11) is 2.01. The van der Waals surface area contributed by atoms with E-state index in [9.17, 15) is 9.59 Å². The van der Waals surface area contributed by atoms with Crippen molar-refractivity contribution in [2.75, 3.05) is 6.54 Å². The molecule has 1 aromatic carbocycles. The number of nitrogens with one attached hydrogen (secondary N) is 1. The van der Waals surface area contributed by atoms with E-state index >= 15 is 0 Å². The highest BCUT2D eigenvalue weighted by atomic mass is 79.9. The lowest BCUT2D eigenvalue weighted by atomic mass is 10.1. The number of amides is 1. The number of carbonyl (C=O) groups is 1. The highest BCUT2D eigenvalue weighted by molar-refractivity contribution is 9.10. The molecule has 1 atom stereocenters. The molecule has 1 fully saturated rings. The number of carbonyl (C=O) groups excluding carboxylic acids is 1. The van der Waals surface area contributed by atoms with Gasteiger partial charge in [0.15, 0.2) is 5.43 Å². The van der Waals surface area contributed by atoms with Gasteiger partial charge in [0.1, 0.15) is 5.69 Å². The largest absolute Gasteiger partial charge is 0.353 e. The normalized spacial score (nSPS) is 17.9. The Morgan fingerprint density at radius 2 is 2.04 bits per heavy atom. The molecule has 3 aromatic rings. The highest BCUT2D eigenvalue weighted by Crippen LogP contribution is 2.31. The van der Waals surface area contributed by atoms with E-state index in [0.717, 1.165) is 35.8 Å². The van der Waals surface area contributed by atoms with Crippen molar-refractivity contribution in [3.05, 3.63) is 68.7 Å². The molecule has 5 nitrogen and oxygen atoms in total. The summed E-state index contributed by atoms with van der Waals surface area (Å²) >= 11 is 3.39. The fourth-order valence-electron chi connectivity index (χ4n) is 3.97. The van der Waals surface area contributed by atoms with Gasteiger partial charge in [0.25, 0.3) is 5.91 Å². The SMILES string of the molecule is Cn1cccc1[C@H]1CCCCCN1C(=O)c1cc(=O)c2cc(Br)ccc2[nH]1. The molecule has 0 spiro atoms. The number of aromatic amines is 1. The van der Waals surface area contributed by atoms with Crippen molar-refractivity contribution in [2.24, 2.45) is 7.05 Å². The predicted octanol–water partition coefficient (Wildman–Crippen LogP) is 4.39. The van der Waals surface area contributed by atoms with Crippen LogP contribution in [-0.2, 0) is 7.05 Å². The average Bonchev–Trinajstić information content (AvgIpc) is 2.93. The van der Waals surface area contributed by atoms with Crippen LogP contribution in [0.1, 0.15) is 47.9 Å². The molecule has 0 aliphatic carbocycles. The van der Waals surface area contributed by atoms with Gasteiger partial charge in [-0.3, -0.25) is 9.59 Å². The average molecular weight is 428 g/mol. The third-order valence-corrected chi connectivity index (χ3v) is 5.85. The number of halogens is 1. The Hall–Kier alpha value is -2.34. The molecule has 0 saturated carbocycles. The molecule has 0 radical (unpaired) electrons. The maximum Gasteiger partial charge on any atom is 0.270 e. The Balaban J connectivity index is 1.75. The lowest BCUT2D eigenvalue weighted by Crippen LogP contribution is -2.36. The number of nitrogens with zero attached hydrogens (tertiary/aromatic N) is 2. The fourth-order valence-corrected chi connectivity index (χ4v) is 4.33. The van der Waals surface area contributed by atoms with Crippen molar-refractivity contribution in [1.82, 2.24) is 14.5 Å². The second-order valence-electron chi connectivity index (χ2n) is 7.14. The summed E-state index contributed by atoms with van der Waals surface area (Å²) in [6.07, 6.45) is 6.15. The van der Waals surface area contributed by atoms with Crippen molar-refractivity contribution in [3.8, 4) is 0 Å². The van der Waals surface area contributed by atoms with Crippen molar-refractivity contribution < 1.29 is 4.79 Å². The third-order valence-electron chi connectivity index (χ3n) is 5.36. The minimum atomic E-state index is -0.140. The Kier molecular flexibility index (Phi) is 4.91. The quantitative estimate of drug-likeness (QED) is 0.659. The van der Waals surface area contributed by atoms with Crippen molar-refractivity contribution in [2.45, 2.75) is 31.7 Å². The fraction of sp³-hybridized carbons (Fsp3) is 0.333. The van der Waals surface area contributed by atoms with Crippen LogP contribution in [-0.4, -0.2) is 26.9 Å². The number of hydrogen-bond acceptors (Lipinski definition) is 2. The molecule has 1 aliphatic heterocycles. The molecule has 1 saturated heterocycles. The van der Waals surface area contributed by atoms with Gasteiger partial charge in [-0.05, 0) is 43.2 Å². The maximum absolute atomic E-state index is 13.4. The molecule has 6 heteroatoms. The van der Waals surface area contributed by atoms with E-state index < -0.39 is 0 Å². The molecule has 2 aromatic heterocycles. The number of aromatic nitrogens is 2. The zero-order valence-corrected chi connectivity index (χ0v) is 16.8. The Labute approximate surface area is 166 Å². The number of pyridine rings is 1. The van der Waals surface area contributed by atoms with E-state index in [4.69, 9.17) is 0 Å². The molecule has 4 rings (SSSR count). The summed E-state index contributed by atoms with van der Waals surface area (Å²) < 4.78 is 2.92. The third kappa shape index (κ3) is 3.46. The summed E-state index contributed by atoms with van der Waals surface area (Å²) in [4.78, 5) is 31.0. The van der Waals surface area contributed by atoms with E-state index in [1.165, 1.54) is 6.07 Å². The van der Waals surface area contributed by atoms with Crippen LogP contribution < -0.4 is 5.43 Å². The van der Waals surface area contributed by atoms with E-state index in [-0.39, 0.29) is 17.4 Å². The first-order valence-corrected chi connectivity index (χ1v) is 10.1. The van der Waals surface area contributed by atoms with Gasteiger partial charge < -0.3 is 14.5 Å². The standard InChI is InChI=1S/C21H22BrN3O2/c1-24-10-5-7-18(24)19-6-3-2-4-11-25(19)21(27)17-13-20(26)15-12-14(22)8-9-16(15)23-17/h5,7-10,12-13,19H,2-4,6,11H2,1H3,(H,23,26)/t19-/m1/s1. The van der Waals surface area contributed by atoms with Crippen LogP contribution in [0, 0.1) is 0 Å². The van der Waals surface area contributed by atoms with Crippen LogP contribution in [0.2, 0.25) is 0 Å². The van der Waals surface area contributed by atoms with Gasteiger partial charge in [-0.2, -0.15) is 0 Å². The second-order valence-corrected chi connectivity index (χ2v) is 8.06. The van der Waals surface area contributed by atoms with E-state index in [2.05, 4.69) is 31.5 Å². The van der Waals surface area contributed by atoms with Crippen LogP contribution in [0.5, 0.6) is 0 Å². The van der Waals surface area contributed by atoms with Gasteiger partial charge in [-0.1, -0.05) is 28.8 Å². The Morgan fingerprint density at radius 3 is 2.81 bits per heavy atom. The number of H-pyrrole nitrogens is 1. The molecule has 140 valence electrons. The van der Waals surface area contributed by atoms with Crippen molar-refractivity contribution in [3.63, 3.8) is 0 Å². The summed E-state index contributed by atoms with van der Waals surface area (Å²) in [5.41, 5.74) is 2.03. The van der Waals surface area contributed by atoms with E-state index in [1.807, 2.05) is 36.3 Å². The molecule has 1 N–H and O–H groups in total. The van der Waals surface area contributed by atoms with Crippen LogP contribution in [0.15, 0.2) is 51.9 Å². The number of likely N-dealkylation sites (tertiary alicyclic amines) is 1. The van der Waals surface area contributed by atoms with Crippen LogP contribution in [0.4, 0.5) is 0 Å². The second kappa shape index (κ2) is 7.35. The minimum absolute atomic E-state index is 0.0316. The number of fused-ring (bicyclic) bond motifs is 1. The van der Waals surface area contributed by atoms with Gasteiger partial charge in [-0.25, -0.2) is 0 Å². The molecule has 1 aliphatic rings. The van der Waals surface area contributed by atoms with Crippen LogP contribution in [0.25, 0.3) is 10.9 Å². The number of hydrogen-bond donors (Lipinski definition) is 1. The van der Waals surface area contributed by atoms with Gasteiger partial charge in [0, 0.05) is 46.9 Å². The van der Waals surface area contributed by atoms with Gasteiger partial charge >= 0.3 is 0 Å². The van der Waals surface area contributed by atoms with Crippen LogP contribution in [0.3, 0.4) is 0 Å². The number of benzene rings is 1. The lowest BCUT2D eigenvalue weighted by Gasteiger charge is -2.30. The molecule has 27 heavy (non-hydrogen) atoms. The Morgan fingerprint density at radius 1 is 1.19 bits per heavy atom. The van der Waals surface area contributed by atoms with Gasteiger partial charge in [0.05, 0.1) is 6.04 Å². The smallest absolute Gasteiger partial charge is 0.270 e. The van der Waals surface area contributed by atoms with Crippen LogP contribution >= 0.6 is 15.9 Å². The molecule has 3 heterocycles. The number of rotatable bonds is 2. The molecular formula is C21H22BrN3O2. The zero-order valence-electron chi connectivity index (χ0n) is 15.2. The summed E-state index contributed by atoms with van der Waals surface area (Å²) in [5.74, 6) is -0.106. The van der Waals surface area contributed by atoms with Crippen molar-refractivity contribution in [1.29, 1.82) is 0 Å². The highest BCUT2D eigenvalue weighted by Gasteiger charge is 2.29. The van der Waals surface area contributed by atoms with Crippen molar-refractivity contribution >= 4 is 32.7 Å². The van der Waals surface area contributed by atoms with E-state index in [1.54, 1.807) is 6.07 Å². The molecule has 0 unspecified atom stereocenters. The van der Waals surface area contributed by atoms with Gasteiger partial charge in [-0.15, -0.1) is 0 Å². The zero-order chi connectivity index (χ0) is 19.0. The lowest BCUT2D eigenvalue weighted by molar-refractivity contribution is 0.0669. The topological polar surface area (TPSA) is 58.1 Å². The van der Waals surface area contributed by atoms with Gasteiger partial charge in [0.2, 0.25) is 0 Å². The first-order valence-electron chi connectivity index (χ1n) is 9.29. The minimum Gasteiger partial charge on any atom is -0.353 e. The van der Waals surface area contributed by atoms with E-state index in [0.29, 0.717) is 23.1 Å². The summed E-state index contributed by atoms with van der Waals surface area (Å²) in [6.45, 7) is 0.703. The predicted molar refractivity (Wildman–Crippen MR) is 110 cm³/mol. The maximum atomic E-state index is 13.4. The molecule has 1 amide bonds. The summed E-state index contributed by atoms with van der Waals surface area (Å²) in [6, 6.07) is 11.0. The Bertz CT molecular complexity index is 1050. The first-order chi connectivity index (χ1) is 13.0. The number of aryl methyl sites for hydroxylation is 1. The first kappa shape index (κ1) is 18.0. The molecule has 0 bridgehead atoms. The monoisotopic (exact) mass is 427 g/mol. The summed E-state index contributed by atoms with van der Waals surface area (Å²) in [5, 5.41) is 0.579. The molecular weight excluding hydrogens is 406 g/mol.